The number of carbonyl (C=O) groups excluding carboxylic acids is 1. The minimum absolute atomic E-state index is 0.253. The Morgan fingerprint density at radius 1 is 1.33 bits per heavy atom. The van der Waals surface area contributed by atoms with E-state index in [0.29, 0.717) is 6.42 Å². The lowest BCUT2D eigenvalue weighted by molar-refractivity contribution is -0.125. The number of rotatable bonds is 5. The van der Waals surface area contributed by atoms with Crippen LogP contribution in [0.3, 0.4) is 0 Å². The lowest BCUT2D eigenvalue weighted by Gasteiger charge is -2.16. The van der Waals surface area contributed by atoms with E-state index in [1.165, 1.54) is 6.20 Å². The van der Waals surface area contributed by atoms with Crippen LogP contribution in [0.5, 0.6) is 0 Å². The Kier molecular flexibility index (Phi) is 5.99. The number of Topliss-reactive ketones (excluding diaryl/α,β-unsaturated/α-hetero) is 1. The van der Waals surface area contributed by atoms with Crippen molar-refractivity contribution in [3.63, 3.8) is 0 Å². The fraction of sp³-hybridized carbons (Fsp3) is 0.615. The molecule has 0 aliphatic heterocycles. The van der Waals surface area contributed by atoms with Gasteiger partial charge in [0, 0.05) is 11.8 Å². The molecule has 0 heterocycles. The van der Waals surface area contributed by atoms with Gasteiger partial charge < -0.3 is 5.73 Å². The zero-order valence-corrected chi connectivity index (χ0v) is 10.3. The van der Waals surface area contributed by atoms with Gasteiger partial charge >= 0.3 is 0 Å². The van der Waals surface area contributed by atoms with Crippen molar-refractivity contribution in [2.75, 3.05) is 0 Å². The van der Waals surface area contributed by atoms with Gasteiger partial charge in [0.25, 0.3) is 0 Å². The van der Waals surface area contributed by atoms with Gasteiger partial charge in [0.2, 0.25) is 0 Å². The Hall–Kier alpha value is -1.05. The topological polar surface area (TPSA) is 43.1 Å². The Morgan fingerprint density at radius 2 is 1.93 bits per heavy atom. The predicted octanol–water partition coefficient (Wildman–Crippen LogP) is 3.19. The highest BCUT2D eigenvalue weighted by Gasteiger charge is 2.21. The van der Waals surface area contributed by atoms with Crippen molar-refractivity contribution in [2.24, 2.45) is 11.1 Å². The normalized spacial score (nSPS) is 13.5. The second-order valence-electron chi connectivity index (χ2n) is 4.78. The van der Waals surface area contributed by atoms with Crippen LogP contribution in [-0.4, -0.2) is 5.78 Å². The molecule has 0 aromatic rings. The lowest BCUT2D eigenvalue weighted by atomic mass is 9.87. The standard InChI is InChI=1S/C13H23NO/c1-5-6-7-11(8-9-14)10-12(15)13(2,3)4/h7-9H,5-6,10,14H2,1-4H3/b9-8-,11-7+. The molecule has 2 N–H and O–H groups in total. The van der Waals surface area contributed by atoms with Crippen LogP contribution in [0.25, 0.3) is 0 Å². The second-order valence-corrected chi connectivity index (χ2v) is 4.78. The number of ketones is 1. The Balaban J connectivity index is 4.49. The SMILES string of the molecule is CCC/C=C(\C=C/N)CC(=O)C(C)(C)C. The van der Waals surface area contributed by atoms with Crippen LogP contribution in [0.15, 0.2) is 23.9 Å². The van der Waals surface area contributed by atoms with E-state index in [0.717, 1.165) is 18.4 Å². The highest BCUT2D eigenvalue weighted by Crippen LogP contribution is 2.20. The van der Waals surface area contributed by atoms with Crippen LogP contribution in [0, 0.1) is 5.41 Å². The van der Waals surface area contributed by atoms with Crippen LogP contribution in [0.1, 0.15) is 47.0 Å². The van der Waals surface area contributed by atoms with Crippen molar-refractivity contribution >= 4 is 5.78 Å². The number of unbranched alkanes of at least 4 members (excludes halogenated alkanes) is 1. The quantitative estimate of drug-likeness (QED) is 0.707. The summed E-state index contributed by atoms with van der Waals surface area (Å²) in [6, 6.07) is 0. The fourth-order valence-electron chi connectivity index (χ4n) is 1.10. The van der Waals surface area contributed by atoms with Crippen molar-refractivity contribution in [2.45, 2.75) is 47.0 Å². The minimum atomic E-state index is -0.270. The predicted molar refractivity (Wildman–Crippen MR) is 65.4 cm³/mol. The van der Waals surface area contributed by atoms with Crippen LogP contribution in [0.4, 0.5) is 0 Å². The summed E-state index contributed by atoms with van der Waals surface area (Å²) in [6.07, 6.45) is 7.98. The van der Waals surface area contributed by atoms with Crippen molar-refractivity contribution in [3.05, 3.63) is 23.9 Å². The van der Waals surface area contributed by atoms with Gasteiger partial charge in [0.15, 0.2) is 0 Å². The van der Waals surface area contributed by atoms with E-state index in [1.807, 2.05) is 26.8 Å². The van der Waals surface area contributed by atoms with Crippen LogP contribution >= 0.6 is 0 Å². The van der Waals surface area contributed by atoms with Gasteiger partial charge in [0.1, 0.15) is 5.78 Å². The molecule has 0 fully saturated rings. The van der Waals surface area contributed by atoms with E-state index in [2.05, 4.69) is 13.0 Å². The Bertz CT molecular complexity index is 256. The molecule has 0 aliphatic carbocycles. The molecule has 0 radical (unpaired) electrons. The molecular weight excluding hydrogens is 186 g/mol. The summed E-state index contributed by atoms with van der Waals surface area (Å²) in [5.74, 6) is 0.253. The van der Waals surface area contributed by atoms with Gasteiger partial charge in [-0.25, -0.2) is 0 Å². The molecule has 0 saturated carbocycles. The van der Waals surface area contributed by atoms with Gasteiger partial charge in [-0.1, -0.05) is 40.2 Å². The third-order valence-corrected chi connectivity index (χ3v) is 2.21. The van der Waals surface area contributed by atoms with Gasteiger partial charge in [-0.3, -0.25) is 4.79 Å². The van der Waals surface area contributed by atoms with Gasteiger partial charge in [-0.2, -0.15) is 0 Å². The molecule has 0 saturated heterocycles. The minimum Gasteiger partial charge on any atom is -0.405 e. The maximum Gasteiger partial charge on any atom is 0.142 e. The zero-order chi connectivity index (χ0) is 11.9. The van der Waals surface area contributed by atoms with Crippen LogP contribution in [0.2, 0.25) is 0 Å². The summed E-state index contributed by atoms with van der Waals surface area (Å²) >= 11 is 0. The van der Waals surface area contributed by atoms with E-state index >= 15 is 0 Å². The van der Waals surface area contributed by atoms with E-state index in [-0.39, 0.29) is 11.2 Å². The highest BCUT2D eigenvalue weighted by atomic mass is 16.1. The number of nitrogens with two attached hydrogens (primary N) is 1. The first-order valence-corrected chi connectivity index (χ1v) is 5.52. The fourth-order valence-corrected chi connectivity index (χ4v) is 1.10. The summed E-state index contributed by atoms with van der Waals surface area (Å²) in [5.41, 5.74) is 6.11. The van der Waals surface area contributed by atoms with E-state index in [1.54, 1.807) is 0 Å². The summed E-state index contributed by atoms with van der Waals surface area (Å²) in [6.45, 7) is 7.95. The first-order valence-electron chi connectivity index (χ1n) is 5.52. The van der Waals surface area contributed by atoms with Gasteiger partial charge in [0.05, 0.1) is 0 Å². The molecule has 0 unspecified atom stereocenters. The lowest BCUT2D eigenvalue weighted by Crippen LogP contribution is -2.20. The Morgan fingerprint density at radius 3 is 2.33 bits per heavy atom. The molecule has 0 amide bonds. The third kappa shape index (κ3) is 6.10. The molecule has 0 aromatic heterocycles. The molecule has 0 aromatic carbocycles. The summed E-state index contributed by atoms with van der Waals surface area (Å²) in [5, 5.41) is 0. The molecule has 0 spiro atoms. The van der Waals surface area contributed by atoms with E-state index < -0.39 is 0 Å². The molecule has 2 heteroatoms. The molecule has 15 heavy (non-hydrogen) atoms. The number of carbonyl (C=O) groups is 1. The van der Waals surface area contributed by atoms with Crippen LogP contribution in [-0.2, 0) is 4.79 Å². The van der Waals surface area contributed by atoms with Gasteiger partial charge in [-0.05, 0) is 24.3 Å². The average molecular weight is 209 g/mol. The smallest absolute Gasteiger partial charge is 0.142 e. The molecule has 0 bridgehead atoms. The highest BCUT2D eigenvalue weighted by molar-refractivity contribution is 5.86. The molecule has 2 nitrogen and oxygen atoms in total. The summed E-state index contributed by atoms with van der Waals surface area (Å²) in [4.78, 5) is 11.8. The van der Waals surface area contributed by atoms with Crippen molar-refractivity contribution in [1.82, 2.24) is 0 Å². The van der Waals surface area contributed by atoms with E-state index in [4.69, 9.17) is 5.73 Å². The number of allylic oxidation sites excluding steroid dienone is 3. The first kappa shape index (κ1) is 13.9. The largest absolute Gasteiger partial charge is 0.405 e. The maximum atomic E-state index is 11.8. The maximum absolute atomic E-state index is 11.8. The average Bonchev–Trinajstić information content (AvgIpc) is 2.13. The molecular formula is C13H23NO. The zero-order valence-electron chi connectivity index (χ0n) is 10.3. The molecule has 0 rings (SSSR count). The van der Waals surface area contributed by atoms with Crippen molar-refractivity contribution in [3.8, 4) is 0 Å². The molecule has 0 atom stereocenters. The van der Waals surface area contributed by atoms with Crippen molar-refractivity contribution in [1.29, 1.82) is 0 Å². The second kappa shape index (κ2) is 6.44. The van der Waals surface area contributed by atoms with Gasteiger partial charge in [-0.15, -0.1) is 0 Å². The molecule has 0 aliphatic rings. The number of hydrogen-bond acceptors (Lipinski definition) is 2. The Labute approximate surface area is 93.2 Å². The molecule has 86 valence electrons. The summed E-state index contributed by atoms with van der Waals surface area (Å²) < 4.78 is 0. The van der Waals surface area contributed by atoms with E-state index in [9.17, 15) is 4.79 Å². The van der Waals surface area contributed by atoms with Crippen LogP contribution < -0.4 is 5.73 Å². The number of hydrogen-bond donors (Lipinski definition) is 1. The monoisotopic (exact) mass is 209 g/mol. The first-order chi connectivity index (χ1) is 6.91. The third-order valence-electron chi connectivity index (χ3n) is 2.21. The summed E-state index contributed by atoms with van der Waals surface area (Å²) in [7, 11) is 0. The van der Waals surface area contributed by atoms with Crippen molar-refractivity contribution < 1.29 is 4.79 Å².